The molecule has 0 aromatic carbocycles. The summed E-state index contributed by atoms with van der Waals surface area (Å²) in [6.07, 6.45) is 11.6. The predicted octanol–water partition coefficient (Wildman–Crippen LogP) is 2.42. The summed E-state index contributed by atoms with van der Waals surface area (Å²) in [7, 11) is 0. The zero-order chi connectivity index (χ0) is 13.8. The summed E-state index contributed by atoms with van der Waals surface area (Å²) in [5.41, 5.74) is 0. The lowest BCUT2D eigenvalue weighted by Gasteiger charge is -2.33. The first kappa shape index (κ1) is 13.2. The Morgan fingerprint density at radius 1 is 1.15 bits per heavy atom. The summed E-state index contributed by atoms with van der Waals surface area (Å²) in [5.74, 6) is 1.37. The summed E-state index contributed by atoms with van der Waals surface area (Å²) in [5, 5.41) is 0. The average Bonchev–Trinajstić information content (AvgIpc) is 3.03. The molecule has 1 amide bonds. The van der Waals surface area contributed by atoms with Crippen LogP contribution in [0.2, 0.25) is 0 Å². The van der Waals surface area contributed by atoms with E-state index in [4.69, 9.17) is 4.74 Å². The second kappa shape index (κ2) is 6.07. The van der Waals surface area contributed by atoms with Gasteiger partial charge >= 0.3 is 0 Å². The highest BCUT2D eigenvalue weighted by Gasteiger charge is 2.28. The van der Waals surface area contributed by atoms with Crippen LogP contribution in [-0.2, 0) is 4.79 Å². The molecule has 0 saturated carbocycles. The van der Waals surface area contributed by atoms with Crippen molar-refractivity contribution in [1.29, 1.82) is 0 Å². The number of hydrogen-bond donors (Lipinski definition) is 0. The standard InChI is InChI=1S/C16H20N2O2/c19-16(13-3-1-2-4-13)18-11-7-15(8-12-18)20-14-5-9-17-10-6-14/h1-2,5-6,9-10,13,15H,3-4,7-8,11-12H2. The topological polar surface area (TPSA) is 42.4 Å². The lowest BCUT2D eigenvalue weighted by molar-refractivity contribution is -0.137. The van der Waals surface area contributed by atoms with Gasteiger partial charge in [-0.2, -0.15) is 0 Å². The van der Waals surface area contributed by atoms with Crippen molar-refractivity contribution >= 4 is 5.91 Å². The van der Waals surface area contributed by atoms with Gasteiger partial charge in [0, 0.05) is 44.2 Å². The molecule has 4 heteroatoms. The molecule has 0 spiro atoms. The molecule has 1 saturated heterocycles. The molecule has 1 aliphatic carbocycles. The van der Waals surface area contributed by atoms with Crippen LogP contribution in [0.25, 0.3) is 0 Å². The number of carbonyl (C=O) groups is 1. The third kappa shape index (κ3) is 3.00. The van der Waals surface area contributed by atoms with E-state index in [2.05, 4.69) is 17.1 Å². The van der Waals surface area contributed by atoms with Gasteiger partial charge in [-0.25, -0.2) is 0 Å². The Kier molecular flexibility index (Phi) is 4.00. The van der Waals surface area contributed by atoms with Crippen molar-refractivity contribution in [2.75, 3.05) is 13.1 Å². The number of piperidine rings is 1. The van der Waals surface area contributed by atoms with Crippen LogP contribution in [0.5, 0.6) is 5.75 Å². The molecule has 1 aromatic heterocycles. The van der Waals surface area contributed by atoms with Crippen molar-refractivity contribution in [3.63, 3.8) is 0 Å². The first-order valence-electron chi connectivity index (χ1n) is 7.33. The van der Waals surface area contributed by atoms with E-state index < -0.39 is 0 Å². The molecule has 4 nitrogen and oxygen atoms in total. The highest BCUT2D eigenvalue weighted by Crippen LogP contribution is 2.24. The van der Waals surface area contributed by atoms with Gasteiger partial charge < -0.3 is 9.64 Å². The van der Waals surface area contributed by atoms with Crippen molar-refractivity contribution in [3.05, 3.63) is 36.7 Å². The van der Waals surface area contributed by atoms with E-state index in [1.165, 1.54) is 0 Å². The van der Waals surface area contributed by atoms with Crippen molar-refractivity contribution in [2.45, 2.75) is 31.8 Å². The van der Waals surface area contributed by atoms with Crippen molar-refractivity contribution < 1.29 is 9.53 Å². The van der Waals surface area contributed by atoms with Crippen LogP contribution in [0.1, 0.15) is 25.7 Å². The Labute approximate surface area is 119 Å². The Morgan fingerprint density at radius 3 is 2.45 bits per heavy atom. The maximum Gasteiger partial charge on any atom is 0.226 e. The summed E-state index contributed by atoms with van der Waals surface area (Å²) in [4.78, 5) is 18.3. The van der Waals surface area contributed by atoms with Gasteiger partial charge in [0.25, 0.3) is 0 Å². The quantitative estimate of drug-likeness (QED) is 0.794. The molecular formula is C16H20N2O2. The van der Waals surface area contributed by atoms with Crippen LogP contribution < -0.4 is 4.74 Å². The van der Waals surface area contributed by atoms with E-state index >= 15 is 0 Å². The van der Waals surface area contributed by atoms with Crippen LogP contribution in [0.3, 0.4) is 0 Å². The molecule has 1 aromatic rings. The number of pyridine rings is 1. The van der Waals surface area contributed by atoms with Gasteiger partial charge in [-0.05, 0) is 25.0 Å². The third-order valence-electron chi connectivity index (χ3n) is 4.06. The minimum atomic E-state index is 0.188. The molecule has 1 fully saturated rings. The zero-order valence-corrected chi connectivity index (χ0v) is 11.6. The molecule has 0 bridgehead atoms. The lowest BCUT2D eigenvalue weighted by atomic mass is 10.0. The Balaban J connectivity index is 1.48. The van der Waals surface area contributed by atoms with Gasteiger partial charge in [-0.15, -0.1) is 0 Å². The molecule has 1 aliphatic heterocycles. The number of carbonyl (C=O) groups excluding carboxylic acids is 1. The summed E-state index contributed by atoms with van der Waals surface area (Å²) in [6, 6.07) is 3.75. The molecular weight excluding hydrogens is 252 g/mol. The van der Waals surface area contributed by atoms with Crippen molar-refractivity contribution in [1.82, 2.24) is 9.88 Å². The normalized spacial score (nSPS) is 20.3. The van der Waals surface area contributed by atoms with Crippen molar-refractivity contribution in [2.24, 2.45) is 5.92 Å². The fourth-order valence-corrected chi connectivity index (χ4v) is 2.88. The molecule has 3 rings (SSSR count). The van der Waals surface area contributed by atoms with Crippen LogP contribution in [0, 0.1) is 5.92 Å². The van der Waals surface area contributed by atoms with Gasteiger partial charge in [-0.1, -0.05) is 12.2 Å². The van der Waals surface area contributed by atoms with Crippen LogP contribution in [-0.4, -0.2) is 35.0 Å². The summed E-state index contributed by atoms with van der Waals surface area (Å²) in [6.45, 7) is 1.62. The second-order valence-corrected chi connectivity index (χ2v) is 5.47. The number of aromatic nitrogens is 1. The lowest BCUT2D eigenvalue weighted by Crippen LogP contribution is -2.44. The Morgan fingerprint density at radius 2 is 1.80 bits per heavy atom. The Bertz CT molecular complexity index is 471. The first-order valence-corrected chi connectivity index (χ1v) is 7.33. The third-order valence-corrected chi connectivity index (χ3v) is 4.06. The average molecular weight is 272 g/mol. The van der Waals surface area contributed by atoms with Gasteiger partial charge in [0.15, 0.2) is 0 Å². The van der Waals surface area contributed by atoms with Crippen LogP contribution in [0.4, 0.5) is 0 Å². The van der Waals surface area contributed by atoms with Crippen LogP contribution >= 0.6 is 0 Å². The zero-order valence-electron chi connectivity index (χ0n) is 11.6. The highest BCUT2D eigenvalue weighted by atomic mass is 16.5. The fraction of sp³-hybridized carbons (Fsp3) is 0.500. The number of amides is 1. The van der Waals surface area contributed by atoms with Crippen molar-refractivity contribution in [3.8, 4) is 5.75 Å². The molecule has 2 aliphatic rings. The maximum absolute atomic E-state index is 12.3. The minimum Gasteiger partial charge on any atom is -0.490 e. The van der Waals surface area contributed by atoms with E-state index in [-0.39, 0.29) is 12.0 Å². The van der Waals surface area contributed by atoms with E-state index in [9.17, 15) is 4.79 Å². The van der Waals surface area contributed by atoms with E-state index in [0.29, 0.717) is 5.91 Å². The highest BCUT2D eigenvalue weighted by molar-refractivity contribution is 5.79. The smallest absolute Gasteiger partial charge is 0.226 e. The molecule has 0 radical (unpaired) electrons. The number of hydrogen-bond acceptors (Lipinski definition) is 3. The van der Waals surface area contributed by atoms with Gasteiger partial charge in [-0.3, -0.25) is 9.78 Å². The summed E-state index contributed by atoms with van der Waals surface area (Å²) < 4.78 is 5.92. The molecule has 0 atom stereocenters. The van der Waals surface area contributed by atoms with Gasteiger partial charge in [0.05, 0.1) is 0 Å². The molecule has 2 heterocycles. The molecule has 0 N–H and O–H groups in total. The largest absolute Gasteiger partial charge is 0.490 e. The molecule has 20 heavy (non-hydrogen) atoms. The minimum absolute atomic E-state index is 0.188. The SMILES string of the molecule is O=C(C1CC=CC1)N1CCC(Oc2ccncc2)CC1. The van der Waals surface area contributed by atoms with E-state index in [1.807, 2.05) is 17.0 Å². The molecule has 106 valence electrons. The van der Waals surface area contributed by atoms with E-state index in [1.54, 1.807) is 12.4 Å². The number of rotatable bonds is 3. The number of nitrogens with zero attached hydrogens (tertiary/aromatic N) is 2. The Hall–Kier alpha value is -1.84. The first-order chi connectivity index (χ1) is 9.83. The molecule has 0 unspecified atom stereocenters. The maximum atomic E-state index is 12.3. The number of ether oxygens (including phenoxy) is 1. The van der Waals surface area contributed by atoms with E-state index in [0.717, 1.165) is 44.5 Å². The van der Waals surface area contributed by atoms with Gasteiger partial charge in [0.1, 0.15) is 11.9 Å². The van der Waals surface area contributed by atoms with Crippen LogP contribution in [0.15, 0.2) is 36.7 Å². The van der Waals surface area contributed by atoms with Gasteiger partial charge in [0.2, 0.25) is 5.91 Å². The summed E-state index contributed by atoms with van der Waals surface area (Å²) >= 11 is 0. The predicted molar refractivity (Wildman–Crippen MR) is 76.3 cm³/mol. The number of likely N-dealkylation sites (tertiary alicyclic amines) is 1. The monoisotopic (exact) mass is 272 g/mol. The second-order valence-electron chi connectivity index (χ2n) is 5.47. The fourth-order valence-electron chi connectivity index (χ4n) is 2.88. The number of allylic oxidation sites excluding steroid dienone is 2.